The van der Waals surface area contributed by atoms with Crippen LogP contribution in [-0.4, -0.2) is 37.3 Å². The molecule has 0 aromatic rings. The highest BCUT2D eigenvalue weighted by molar-refractivity contribution is 5.76. The molecule has 1 fully saturated rings. The van der Waals surface area contributed by atoms with Gasteiger partial charge in [0.1, 0.15) is 0 Å². The summed E-state index contributed by atoms with van der Waals surface area (Å²) in [6.45, 7) is 1.50. The number of aliphatic hydroxyl groups excluding tert-OH is 1. The smallest absolute Gasteiger partial charge is 0.221 e. The Bertz CT molecular complexity index is 189. The van der Waals surface area contributed by atoms with Gasteiger partial charge in [-0.3, -0.25) is 4.79 Å². The van der Waals surface area contributed by atoms with Gasteiger partial charge >= 0.3 is 0 Å². The lowest BCUT2D eigenvalue weighted by molar-refractivity contribution is -0.121. The van der Waals surface area contributed by atoms with Gasteiger partial charge in [0, 0.05) is 19.5 Å². The maximum Gasteiger partial charge on any atom is 0.221 e. The third-order valence-electron chi connectivity index (χ3n) is 3.01. The SMILES string of the molecule is CNCCC(=O)NCC1CCC(O)CC1. The molecule has 0 saturated heterocycles. The molecule has 0 radical (unpaired) electrons. The van der Waals surface area contributed by atoms with E-state index in [4.69, 9.17) is 0 Å². The molecule has 3 N–H and O–H groups in total. The number of aliphatic hydroxyl groups is 1. The van der Waals surface area contributed by atoms with Crippen molar-refractivity contribution in [2.45, 2.75) is 38.2 Å². The number of nitrogens with one attached hydrogen (secondary N) is 2. The van der Waals surface area contributed by atoms with Gasteiger partial charge in [0.25, 0.3) is 0 Å². The zero-order valence-corrected chi connectivity index (χ0v) is 9.46. The summed E-state index contributed by atoms with van der Waals surface area (Å²) in [6.07, 6.45) is 4.28. The van der Waals surface area contributed by atoms with Crippen LogP contribution in [0.15, 0.2) is 0 Å². The second-order valence-corrected chi connectivity index (χ2v) is 4.33. The van der Waals surface area contributed by atoms with Crippen LogP contribution in [0.3, 0.4) is 0 Å². The molecule has 0 aromatic carbocycles. The molecular weight excluding hydrogens is 192 g/mol. The number of carbonyl (C=O) groups is 1. The molecule has 4 nitrogen and oxygen atoms in total. The third kappa shape index (κ3) is 5.14. The maximum atomic E-state index is 11.3. The minimum atomic E-state index is -0.110. The molecule has 1 saturated carbocycles. The van der Waals surface area contributed by atoms with Gasteiger partial charge < -0.3 is 15.7 Å². The number of carbonyl (C=O) groups excluding carboxylic acids is 1. The first-order chi connectivity index (χ1) is 7.22. The van der Waals surface area contributed by atoms with Gasteiger partial charge in [0.15, 0.2) is 0 Å². The van der Waals surface area contributed by atoms with Crippen LogP contribution in [0.1, 0.15) is 32.1 Å². The van der Waals surface area contributed by atoms with Gasteiger partial charge in [-0.25, -0.2) is 0 Å². The normalized spacial score (nSPS) is 26.3. The highest BCUT2D eigenvalue weighted by Gasteiger charge is 2.19. The lowest BCUT2D eigenvalue weighted by Crippen LogP contribution is -2.33. The Labute approximate surface area is 91.4 Å². The van der Waals surface area contributed by atoms with Crippen molar-refractivity contribution in [2.24, 2.45) is 5.92 Å². The molecule has 1 aliphatic carbocycles. The quantitative estimate of drug-likeness (QED) is 0.615. The number of rotatable bonds is 5. The highest BCUT2D eigenvalue weighted by Crippen LogP contribution is 2.23. The summed E-state index contributed by atoms with van der Waals surface area (Å²) in [5.74, 6) is 0.683. The van der Waals surface area contributed by atoms with Crippen molar-refractivity contribution in [1.82, 2.24) is 10.6 Å². The fourth-order valence-corrected chi connectivity index (χ4v) is 1.93. The summed E-state index contributed by atoms with van der Waals surface area (Å²) in [7, 11) is 1.84. The molecule has 1 aliphatic rings. The average Bonchev–Trinajstić information content (AvgIpc) is 2.25. The van der Waals surface area contributed by atoms with Crippen LogP contribution in [-0.2, 0) is 4.79 Å². The van der Waals surface area contributed by atoms with Crippen LogP contribution in [0.25, 0.3) is 0 Å². The molecule has 1 rings (SSSR count). The Morgan fingerprint density at radius 1 is 1.33 bits per heavy atom. The monoisotopic (exact) mass is 214 g/mol. The largest absolute Gasteiger partial charge is 0.393 e. The summed E-state index contributed by atoms with van der Waals surface area (Å²) in [5, 5.41) is 15.2. The fraction of sp³-hybridized carbons (Fsp3) is 0.909. The van der Waals surface area contributed by atoms with E-state index in [1.807, 2.05) is 7.05 Å². The number of amides is 1. The van der Waals surface area contributed by atoms with E-state index in [1.54, 1.807) is 0 Å². The van der Waals surface area contributed by atoms with E-state index in [9.17, 15) is 9.90 Å². The Morgan fingerprint density at radius 2 is 2.00 bits per heavy atom. The Balaban J connectivity index is 2.06. The van der Waals surface area contributed by atoms with Crippen molar-refractivity contribution in [1.29, 1.82) is 0 Å². The minimum Gasteiger partial charge on any atom is -0.393 e. The highest BCUT2D eigenvalue weighted by atomic mass is 16.3. The van der Waals surface area contributed by atoms with E-state index < -0.39 is 0 Å². The first-order valence-corrected chi connectivity index (χ1v) is 5.81. The van der Waals surface area contributed by atoms with E-state index in [1.165, 1.54) is 0 Å². The zero-order chi connectivity index (χ0) is 11.1. The predicted octanol–water partition coefficient (Wildman–Crippen LogP) is 0.263. The standard InChI is InChI=1S/C11H22N2O2/c1-12-7-6-11(15)13-8-9-2-4-10(14)5-3-9/h9-10,12,14H,2-8H2,1H3,(H,13,15). The van der Waals surface area contributed by atoms with Gasteiger partial charge in [-0.15, -0.1) is 0 Å². The van der Waals surface area contributed by atoms with Crippen molar-refractivity contribution >= 4 is 5.91 Å². The molecule has 88 valence electrons. The van der Waals surface area contributed by atoms with E-state index >= 15 is 0 Å². The van der Waals surface area contributed by atoms with Gasteiger partial charge in [-0.1, -0.05) is 0 Å². The Morgan fingerprint density at radius 3 is 2.60 bits per heavy atom. The van der Waals surface area contributed by atoms with Crippen molar-refractivity contribution in [3.63, 3.8) is 0 Å². The molecule has 4 heteroatoms. The lowest BCUT2D eigenvalue weighted by atomic mass is 9.87. The summed E-state index contributed by atoms with van der Waals surface area (Å²) in [5.41, 5.74) is 0. The molecule has 0 unspecified atom stereocenters. The molecule has 0 bridgehead atoms. The van der Waals surface area contributed by atoms with Gasteiger partial charge in [0.2, 0.25) is 5.91 Å². The maximum absolute atomic E-state index is 11.3. The summed E-state index contributed by atoms with van der Waals surface area (Å²) in [6, 6.07) is 0. The van der Waals surface area contributed by atoms with E-state index in [0.717, 1.165) is 38.8 Å². The van der Waals surface area contributed by atoms with Crippen LogP contribution < -0.4 is 10.6 Å². The molecule has 1 amide bonds. The molecule has 0 spiro atoms. The van der Waals surface area contributed by atoms with Crippen LogP contribution in [0, 0.1) is 5.92 Å². The van der Waals surface area contributed by atoms with Crippen molar-refractivity contribution in [3.8, 4) is 0 Å². The zero-order valence-electron chi connectivity index (χ0n) is 9.46. The van der Waals surface area contributed by atoms with Crippen molar-refractivity contribution in [2.75, 3.05) is 20.1 Å². The van der Waals surface area contributed by atoms with Gasteiger partial charge in [0.05, 0.1) is 6.10 Å². The van der Waals surface area contributed by atoms with Crippen LogP contribution in [0.5, 0.6) is 0 Å². The Kier molecular flexibility index (Phi) is 5.65. The molecule has 0 aliphatic heterocycles. The van der Waals surface area contributed by atoms with E-state index in [-0.39, 0.29) is 12.0 Å². The van der Waals surface area contributed by atoms with Gasteiger partial charge in [-0.05, 0) is 38.6 Å². The van der Waals surface area contributed by atoms with Crippen LogP contribution in [0.2, 0.25) is 0 Å². The molecular formula is C11H22N2O2. The fourth-order valence-electron chi connectivity index (χ4n) is 1.93. The molecule has 15 heavy (non-hydrogen) atoms. The topological polar surface area (TPSA) is 61.4 Å². The number of hydrogen-bond acceptors (Lipinski definition) is 3. The van der Waals surface area contributed by atoms with Gasteiger partial charge in [-0.2, -0.15) is 0 Å². The second kappa shape index (κ2) is 6.80. The third-order valence-corrected chi connectivity index (χ3v) is 3.01. The first kappa shape index (κ1) is 12.5. The minimum absolute atomic E-state index is 0.110. The van der Waals surface area contributed by atoms with Crippen molar-refractivity contribution < 1.29 is 9.90 Å². The average molecular weight is 214 g/mol. The summed E-state index contributed by atoms with van der Waals surface area (Å²) >= 11 is 0. The van der Waals surface area contributed by atoms with Crippen LogP contribution >= 0.6 is 0 Å². The summed E-state index contributed by atoms with van der Waals surface area (Å²) < 4.78 is 0. The number of hydrogen-bond donors (Lipinski definition) is 3. The second-order valence-electron chi connectivity index (χ2n) is 4.33. The molecule has 0 aromatic heterocycles. The summed E-state index contributed by atoms with van der Waals surface area (Å²) in [4.78, 5) is 11.3. The van der Waals surface area contributed by atoms with E-state index in [0.29, 0.717) is 12.3 Å². The van der Waals surface area contributed by atoms with E-state index in [2.05, 4.69) is 10.6 Å². The molecule has 0 atom stereocenters. The Hall–Kier alpha value is -0.610. The predicted molar refractivity (Wildman–Crippen MR) is 59.5 cm³/mol. The first-order valence-electron chi connectivity index (χ1n) is 5.81. The lowest BCUT2D eigenvalue weighted by Gasteiger charge is -2.25. The van der Waals surface area contributed by atoms with Crippen molar-refractivity contribution in [3.05, 3.63) is 0 Å². The molecule has 0 heterocycles. The van der Waals surface area contributed by atoms with Crippen LogP contribution in [0.4, 0.5) is 0 Å².